The summed E-state index contributed by atoms with van der Waals surface area (Å²) in [5, 5.41) is 0. The Morgan fingerprint density at radius 2 is 2.15 bits per heavy atom. The van der Waals surface area contributed by atoms with Crippen LogP contribution in [0.4, 0.5) is 4.79 Å². The molecule has 4 heteroatoms. The van der Waals surface area contributed by atoms with Crippen LogP contribution in [0.5, 0.6) is 0 Å². The third kappa shape index (κ3) is 2.59. The van der Waals surface area contributed by atoms with Gasteiger partial charge in [-0.2, -0.15) is 0 Å². The Bertz CT molecular complexity index is 167. The molecular weight excluding hydrogens is 168 g/mol. The highest BCUT2D eigenvalue weighted by Crippen LogP contribution is 2.23. The van der Waals surface area contributed by atoms with Gasteiger partial charge in [-0.1, -0.05) is 12.8 Å². The van der Waals surface area contributed by atoms with Crippen molar-refractivity contribution in [1.29, 1.82) is 0 Å². The molecule has 13 heavy (non-hydrogen) atoms. The molecule has 2 N–H and O–H groups in total. The van der Waals surface area contributed by atoms with Gasteiger partial charge in [-0.3, -0.25) is 0 Å². The summed E-state index contributed by atoms with van der Waals surface area (Å²) < 4.78 is 4.71. The van der Waals surface area contributed by atoms with Gasteiger partial charge in [-0.05, 0) is 12.8 Å². The van der Waals surface area contributed by atoms with Crippen molar-refractivity contribution in [2.75, 3.05) is 20.2 Å². The molecule has 1 aliphatic carbocycles. The SMILES string of the molecule is COC(=O)N(CCN)C1CCCC1. The monoisotopic (exact) mass is 186 g/mol. The van der Waals surface area contributed by atoms with Crippen molar-refractivity contribution in [1.82, 2.24) is 4.90 Å². The first-order valence-corrected chi connectivity index (χ1v) is 4.84. The van der Waals surface area contributed by atoms with E-state index in [9.17, 15) is 4.79 Å². The summed E-state index contributed by atoms with van der Waals surface area (Å²) in [4.78, 5) is 13.1. The summed E-state index contributed by atoms with van der Waals surface area (Å²) in [5.41, 5.74) is 5.44. The van der Waals surface area contributed by atoms with Crippen LogP contribution in [-0.4, -0.2) is 37.2 Å². The molecule has 0 saturated heterocycles. The van der Waals surface area contributed by atoms with Gasteiger partial charge >= 0.3 is 6.09 Å². The van der Waals surface area contributed by atoms with Crippen molar-refractivity contribution in [3.8, 4) is 0 Å². The molecule has 0 aromatic rings. The highest BCUT2D eigenvalue weighted by atomic mass is 16.5. The number of carbonyl (C=O) groups is 1. The van der Waals surface area contributed by atoms with E-state index in [-0.39, 0.29) is 6.09 Å². The quantitative estimate of drug-likeness (QED) is 0.714. The Kier molecular flexibility index (Phi) is 4.02. The van der Waals surface area contributed by atoms with Crippen LogP contribution in [0.25, 0.3) is 0 Å². The summed E-state index contributed by atoms with van der Waals surface area (Å²) in [6, 6.07) is 0.357. The molecule has 0 radical (unpaired) electrons. The van der Waals surface area contributed by atoms with Gasteiger partial charge in [-0.25, -0.2) is 4.79 Å². The molecule has 1 amide bonds. The number of amides is 1. The lowest BCUT2D eigenvalue weighted by atomic mass is 10.2. The summed E-state index contributed by atoms with van der Waals surface area (Å²) in [7, 11) is 1.42. The molecule has 0 bridgehead atoms. The molecule has 1 fully saturated rings. The molecule has 0 atom stereocenters. The van der Waals surface area contributed by atoms with E-state index >= 15 is 0 Å². The third-order valence-corrected chi connectivity index (χ3v) is 2.54. The van der Waals surface area contributed by atoms with Gasteiger partial charge in [0.2, 0.25) is 0 Å². The van der Waals surface area contributed by atoms with Crippen LogP contribution in [0.1, 0.15) is 25.7 Å². The molecule has 1 saturated carbocycles. The molecule has 0 aliphatic heterocycles. The first kappa shape index (κ1) is 10.3. The maximum atomic E-state index is 11.3. The number of hydrogen-bond donors (Lipinski definition) is 1. The van der Waals surface area contributed by atoms with E-state index in [1.54, 1.807) is 4.90 Å². The molecule has 0 spiro atoms. The molecule has 0 heterocycles. The maximum Gasteiger partial charge on any atom is 0.409 e. The van der Waals surface area contributed by atoms with Gasteiger partial charge in [0.15, 0.2) is 0 Å². The van der Waals surface area contributed by atoms with Crippen LogP contribution in [0.2, 0.25) is 0 Å². The van der Waals surface area contributed by atoms with E-state index in [0.717, 1.165) is 12.8 Å². The number of ether oxygens (including phenoxy) is 1. The van der Waals surface area contributed by atoms with Gasteiger partial charge in [0.05, 0.1) is 7.11 Å². The van der Waals surface area contributed by atoms with Crippen molar-refractivity contribution >= 4 is 6.09 Å². The minimum Gasteiger partial charge on any atom is -0.453 e. The van der Waals surface area contributed by atoms with Crippen LogP contribution in [0.3, 0.4) is 0 Å². The highest BCUT2D eigenvalue weighted by Gasteiger charge is 2.26. The van der Waals surface area contributed by atoms with E-state index in [2.05, 4.69) is 0 Å². The zero-order valence-corrected chi connectivity index (χ0v) is 8.16. The fraction of sp³-hybridized carbons (Fsp3) is 0.889. The standard InChI is InChI=1S/C9H18N2O2/c1-13-9(12)11(7-6-10)8-4-2-3-5-8/h8H,2-7,10H2,1H3. The van der Waals surface area contributed by atoms with E-state index in [0.29, 0.717) is 19.1 Å². The van der Waals surface area contributed by atoms with Crippen molar-refractivity contribution in [3.05, 3.63) is 0 Å². The van der Waals surface area contributed by atoms with Crippen LogP contribution in [0, 0.1) is 0 Å². The lowest BCUT2D eigenvalue weighted by Gasteiger charge is -2.26. The van der Waals surface area contributed by atoms with Gasteiger partial charge in [-0.15, -0.1) is 0 Å². The Morgan fingerprint density at radius 3 is 2.62 bits per heavy atom. The fourth-order valence-electron chi connectivity index (χ4n) is 1.90. The number of nitrogens with two attached hydrogens (primary N) is 1. The normalized spacial score (nSPS) is 17.4. The van der Waals surface area contributed by atoms with Crippen molar-refractivity contribution < 1.29 is 9.53 Å². The molecule has 1 aliphatic rings. The first-order chi connectivity index (χ1) is 6.29. The van der Waals surface area contributed by atoms with E-state index in [1.807, 2.05) is 0 Å². The number of nitrogens with zero attached hydrogens (tertiary/aromatic N) is 1. The summed E-state index contributed by atoms with van der Waals surface area (Å²) in [6.07, 6.45) is 4.37. The predicted molar refractivity (Wildman–Crippen MR) is 50.4 cm³/mol. The second-order valence-electron chi connectivity index (χ2n) is 3.39. The number of carbonyl (C=O) groups excluding carboxylic acids is 1. The average molecular weight is 186 g/mol. The zero-order valence-electron chi connectivity index (χ0n) is 8.16. The second-order valence-corrected chi connectivity index (χ2v) is 3.39. The fourth-order valence-corrected chi connectivity index (χ4v) is 1.90. The van der Waals surface area contributed by atoms with Crippen molar-refractivity contribution in [2.24, 2.45) is 5.73 Å². The maximum absolute atomic E-state index is 11.3. The number of hydrogen-bond acceptors (Lipinski definition) is 3. The highest BCUT2D eigenvalue weighted by molar-refractivity contribution is 5.67. The van der Waals surface area contributed by atoms with Crippen molar-refractivity contribution in [2.45, 2.75) is 31.7 Å². The Hall–Kier alpha value is -0.770. The number of rotatable bonds is 3. The molecule has 0 aromatic heterocycles. The Morgan fingerprint density at radius 1 is 1.54 bits per heavy atom. The van der Waals surface area contributed by atoms with Crippen LogP contribution in [0.15, 0.2) is 0 Å². The van der Waals surface area contributed by atoms with Gasteiger partial charge < -0.3 is 15.4 Å². The van der Waals surface area contributed by atoms with Crippen molar-refractivity contribution in [3.63, 3.8) is 0 Å². The van der Waals surface area contributed by atoms with Gasteiger partial charge in [0, 0.05) is 19.1 Å². The molecule has 1 rings (SSSR count). The van der Waals surface area contributed by atoms with Gasteiger partial charge in [0.1, 0.15) is 0 Å². The minimum atomic E-state index is -0.239. The molecule has 0 aromatic carbocycles. The third-order valence-electron chi connectivity index (χ3n) is 2.54. The van der Waals surface area contributed by atoms with Crippen LogP contribution < -0.4 is 5.73 Å². The first-order valence-electron chi connectivity index (χ1n) is 4.84. The van der Waals surface area contributed by atoms with E-state index < -0.39 is 0 Å². The van der Waals surface area contributed by atoms with E-state index in [1.165, 1.54) is 20.0 Å². The van der Waals surface area contributed by atoms with Gasteiger partial charge in [0.25, 0.3) is 0 Å². The molecular formula is C9H18N2O2. The zero-order chi connectivity index (χ0) is 9.68. The molecule has 0 unspecified atom stereocenters. The minimum absolute atomic E-state index is 0.239. The topological polar surface area (TPSA) is 55.6 Å². The average Bonchev–Trinajstić information content (AvgIpc) is 2.65. The summed E-state index contributed by atoms with van der Waals surface area (Å²) in [6.45, 7) is 1.11. The molecule has 4 nitrogen and oxygen atoms in total. The number of methoxy groups -OCH3 is 1. The lowest BCUT2D eigenvalue weighted by Crippen LogP contribution is -2.41. The second kappa shape index (κ2) is 5.07. The van der Waals surface area contributed by atoms with E-state index in [4.69, 9.17) is 10.5 Å². The summed E-state index contributed by atoms with van der Waals surface area (Å²) >= 11 is 0. The smallest absolute Gasteiger partial charge is 0.409 e. The Balaban J connectivity index is 2.49. The van der Waals surface area contributed by atoms with Crippen LogP contribution in [-0.2, 0) is 4.74 Å². The van der Waals surface area contributed by atoms with Crippen LogP contribution >= 0.6 is 0 Å². The lowest BCUT2D eigenvalue weighted by molar-refractivity contribution is 0.107. The molecule has 76 valence electrons. The summed E-state index contributed by atoms with van der Waals surface area (Å²) in [5.74, 6) is 0. The Labute approximate surface area is 79.0 Å². The largest absolute Gasteiger partial charge is 0.453 e. The predicted octanol–water partition coefficient (Wildman–Crippen LogP) is 0.956.